The minimum Gasteiger partial charge on any atom is -0.291 e. The van der Waals surface area contributed by atoms with Gasteiger partial charge in [-0.25, -0.2) is 4.98 Å². The molecular formula is C11H9ClN2OS. The molecule has 0 saturated heterocycles. The molecule has 0 aliphatic heterocycles. The molecule has 2 aromatic rings. The zero-order valence-corrected chi connectivity index (χ0v) is 10.2. The maximum atomic E-state index is 11.3. The van der Waals surface area contributed by atoms with Gasteiger partial charge in [-0.3, -0.25) is 9.78 Å². The summed E-state index contributed by atoms with van der Waals surface area (Å²) in [7, 11) is 0. The molecule has 0 fully saturated rings. The van der Waals surface area contributed by atoms with Gasteiger partial charge in [-0.05, 0) is 18.6 Å². The van der Waals surface area contributed by atoms with Crippen LogP contribution in [0.25, 0.3) is 10.7 Å². The number of rotatable bonds is 3. The summed E-state index contributed by atoms with van der Waals surface area (Å²) in [6, 6.07) is 3.84. The molecule has 0 spiro atoms. The average molecular weight is 253 g/mol. The monoisotopic (exact) mass is 252 g/mol. The van der Waals surface area contributed by atoms with Gasteiger partial charge >= 0.3 is 0 Å². The first-order chi connectivity index (χ1) is 7.72. The highest BCUT2D eigenvalue weighted by Gasteiger charge is 2.12. The molecule has 5 heteroatoms. The Kier molecular flexibility index (Phi) is 3.31. The van der Waals surface area contributed by atoms with E-state index in [1.54, 1.807) is 11.6 Å². The van der Waals surface area contributed by atoms with Crippen molar-refractivity contribution in [3.63, 3.8) is 0 Å². The summed E-state index contributed by atoms with van der Waals surface area (Å²) in [4.78, 5) is 19.8. The third kappa shape index (κ3) is 2.13. The maximum Gasteiger partial charge on any atom is 0.196 e. The quantitative estimate of drug-likeness (QED) is 0.623. The smallest absolute Gasteiger partial charge is 0.196 e. The van der Waals surface area contributed by atoms with E-state index in [1.165, 1.54) is 11.3 Å². The Labute approximate surface area is 102 Å². The Hall–Kier alpha value is -1.26. The minimum atomic E-state index is -0.155. The molecule has 0 saturated carbocycles. The number of halogens is 1. The van der Waals surface area contributed by atoms with E-state index in [-0.39, 0.29) is 11.7 Å². The van der Waals surface area contributed by atoms with Crippen molar-refractivity contribution in [3.8, 4) is 10.7 Å². The first-order valence-electron chi connectivity index (χ1n) is 4.69. The van der Waals surface area contributed by atoms with Gasteiger partial charge in [0.25, 0.3) is 0 Å². The summed E-state index contributed by atoms with van der Waals surface area (Å²) in [5, 5.41) is 2.47. The summed E-state index contributed by atoms with van der Waals surface area (Å²) >= 11 is 6.88. The Morgan fingerprint density at radius 2 is 2.38 bits per heavy atom. The lowest BCUT2D eigenvalue weighted by Gasteiger charge is -1.98. The van der Waals surface area contributed by atoms with E-state index in [0.717, 1.165) is 16.3 Å². The van der Waals surface area contributed by atoms with Crippen molar-refractivity contribution in [1.29, 1.82) is 0 Å². The van der Waals surface area contributed by atoms with E-state index < -0.39 is 0 Å². The van der Waals surface area contributed by atoms with Gasteiger partial charge in [0.2, 0.25) is 0 Å². The molecule has 0 unspecified atom stereocenters. The minimum absolute atomic E-state index is 0.0373. The Bertz CT molecular complexity index is 524. The van der Waals surface area contributed by atoms with Crippen LogP contribution >= 0.6 is 22.9 Å². The highest BCUT2D eigenvalue weighted by molar-refractivity contribution is 7.13. The number of aromatic nitrogens is 2. The van der Waals surface area contributed by atoms with Gasteiger partial charge in [0.1, 0.15) is 16.4 Å². The predicted octanol–water partition coefficient (Wildman–Crippen LogP) is 2.94. The van der Waals surface area contributed by atoms with Crippen molar-refractivity contribution in [1.82, 2.24) is 9.97 Å². The number of alkyl halides is 1. The SMILES string of the molecule is Cc1cccnc1-c1nc(C(=O)CCl)cs1. The number of ketones is 1. The van der Waals surface area contributed by atoms with Gasteiger partial charge in [0.05, 0.1) is 5.88 Å². The standard InChI is InChI=1S/C11H9ClN2OS/c1-7-3-2-4-13-10(7)11-14-8(6-16-11)9(15)5-12/h2-4,6H,5H2,1H3. The molecule has 0 aliphatic carbocycles. The summed E-state index contributed by atoms with van der Waals surface area (Å²) in [6.45, 7) is 1.97. The average Bonchev–Trinajstić information content (AvgIpc) is 2.78. The van der Waals surface area contributed by atoms with Crippen LogP contribution < -0.4 is 0 Å². The van der Waals surface area contributed by atoms with Crippen molar-refractivity contribution in [2.75, 3.05) is 5.88 Å². The van der Waals surface area contributed by atoms with Crippen molar-refractivity contribution < 1.29 is 4.79 Å². The number of carbonyl (C=O) groups is 1. The van der Waals surface area contributed by atoms with Gasteiger partial charge in [-0.15, -0.1) is 22.9 Å². The topological polar surface area (TPSA) is 42.9 Å². The van der Waals surface area contributed by atoms with Crippen LogP contribution in [0.1, 0.15) is 16.1 Å². The number of aryl methyl sites for hydroxylation is 1. The first kappa shape index (κ1) is 11.2. The molecule has 0 radical (unpaired) electrons. The lowest BCUT2D eigenvalue weighted by atomic mass is 10.2. The summed E-state index contributed by atoms with van der Waals surface area (Å²) < 4.78 is 0. The molecule has 82 valence electrons. The van der Waals surface area contributed by atoms with Crippen LogP contribution in [-0.4, -0.2) is 21.6 Å². The number of carbonyl (C=O) groups excluding carboxylic acids is 1. The second-order valence-electron chi connectivity index (χ2n) is 3.26. The Morgan fingerprint density at radius 3 is 3.06 bits per heavy atom. The zero-order valence-electron chi connectivity index (χ0n) is 8.61. The van der Waals surface area contributed by atoms with Crippen molar-refractivity contribution in [3.05, 3.63) is 35.0 Å². The number of pyridine rings is 1. The lowest BCUT2D eigenvalue weighted by molar-refractivity contribution is 0.101. The molecule has 3 nitrogen and oxygen atoms in total. The number of nitrogens with zero attached hydrogens (tertiary/aromatic N) is 2. The molecule has 2 aromatic heterocycles. The molecule has 2 heterocycles. The van der Waals surface area contributed by atoms with Gasteiger partial charge in [-0.1, -0.05) is 6.07 Å². The number of thiazole rings is 1. The van der Waals surface area contributed by atoms with Gasteiger partial charge in [0.15, 0.2) is 5.78 Å². The summed E-state index contributed by atoms with van der Waals surface area (Å²) in [5.74, 6) is -0.192. The third-order valence-corrected chi connectivity index (χ3v) is 3.22. The van der Waals surface area contributed by atoms with E-state index in [9.17, 15) is 4.79 Å². The van der Waals surface area contributed by atoms with Crippen LogP contribution in [0, 0.1) is 6.92 Å². The molecule has 2 rings (SSSR count). The molecule has 0 aromatic carbocycles. The third-order valence-electron chi connectivity index (χ3n) is 2.12. The van der Waals surface area contributed by atoms with Crippen LogP contribution in [0.5, 0.6) is 0 Å². The fraction of sp³-hybridized carbons (Fsp3) is 0.182. The lowest BCUT2D eigenvalue weighted by Crippen LogP contribution is -2.00. The van der Waals surface area contributed by atoms with E-state index >= 15 is 0 Å². The predicted molar refractivity (Wildman–Crippen MR) is 65.1 cm³/mol. The van der Waals surface area contributed by atoms with Crippen LogP contribution in [0.4, 0.5) is 0 Å². The van der Waals surface area contributed by atoms with E-state index in [2.05, 4.69) is 9.97 Å². The second kappa shape index (κ2) is 4.72. The number of hydrogen-bond acceptors (Lipinski definition) is 4. The fourth-order valence-electron chi connectivity index (χ4n) is 1.29. The molecule has 0 atom stereocenters. The van der Waals surface area contributed by atoms with Crippen LogP contribution in [0.2, 0.25) is 0 Å². The van der Waals surface area contributed by atoms with Crippen LogP contribution in [0.3, 0.4) is 0 Å². The van der Waals surface area contributed by atoms with E-state index in [4.69, 9.17) is 11.6 Å². The van der Waals surface area contributed by atoms with E-state index in [0.29, 0.717) is 5.69 Å². The molecule has 0 amide bonds. The highest BCUT2D eigenvalue weighted by Crippen LogP contribution is 2.24. The van der Waals surface area contributed by atoms with Crippen LogP contribution in [0.15, 0.2) is 23.7 Å². The summed E-state index contributed by atoms with van der Waals surface area (Å²) in [6.07, 6.45) is 1.72. The maximum absolute atomic E-state index is 11.3. The fourth-order valence-corrected chi connectivity index (χ4v) is 2.31. The molecule has 0 aliphatic rings. The number of Topliss-reactive ketones (excluding diaryl/α,β-unsaturated/α-hetero) is 1. The van der Waals surface area contributed by atoms with Crippen molar-refractivity contribution in [2.45, 2.75) is 6.92 Å². The van der Waals surface area contributed by atoms with Gasteiger partial charge in [-0.2, -0.15) is 0 Å². The van der Waals surface area contributed by atoms with Gasteiger partial charge in [0, 0.05) is 11.6 Å². The second-order valence-corrected chi connectivity index (χ2v) is 4.39. The Balaban J connectivity index is 2.39. The zero-order chi connectivity index (χ0) is 11.5. The van der Waals surface area contributed by atoms with Crippen LogP contribution in [-0.2, 0) is 0 Å². The van der Waals surface area contributed by atoms with Gasteiger partial charge < -0.3 is 0 Å². The molecule has 0 bridgehead atoms. The Morgan fingerprint density at radius 1 is 1.56 bits per heavy atom. The molecule has 0 N–H and O–H groups in total. The van der Waals surface area contributed by atoms with Crippen molar-refractivity contribution in [2.24, 2.45) is 0 Å². The highest BCUT2D eigenvalue weighted by atomic mass is 35.5. The van der Waals surface area contributed by atoms with E-state index in [1.807, 2.05) is 19.1 Å². The number of hydrogen-bond donors (Lipinski definition) is 0. The first-order valence-corrected chi connectivity index (χ1v) is 6.10. The largest absolute Gasteiger partial charge is 0.291 e. The normalized spacial score (nSPS) is 10.4. The molecular weight excluding hydrogens is 244 g/mol. The summed E-state index contributed by atoms with van der Waals surface area (Å²) in [5.41, 5.74) is 2.28. The van der Waals surface area contributed by atoms with Crippen molar-refractivity contribution >= 4 is 28.7 Å². The molecule has 16 heavy (non-hydrogen) atoms.